The van der Waals surface area contributed by atoms with Gasteiger partial charge in [0.2, 0.25) is 5.95 Å². The van der Waals surface area contributed by atoms with Crippen molar-refractivity contribution >= 4 is 23.4 Å². The lowest BCUT2D eigenvalue weighted by molar-refractivity contribution is 0.102. The highest BCUT2D eigenvalue weighted by Gasteiger charge is 2.20. The van der Waals surface area contributed by atoms with E-state index < -0.39 is 0 Å². The molecule has 2 rings (SSSR count). The number of hydrogen-bond donors (Lipinski definition) is 1. The number of hydrogen-bond acceptors (Lipinski definition) is 6. The van der Waals surface area contributed by atoms with Crippen LogP contribution in [0, 0.1) is 13.8 Å². The lowest BCUT2D eigenvalue weighted by Crippen LogP contribution is -2.21. The van der Waals surface area contributed by atoms with Gasteiger partial charge < -0.3 is 15.1 Å². The number of carbonyl (C=O) groups excluding carboxylic acids is 1. The van der Waals surface area contributed by atoms with Crippen LogP contribution in [0.15, 0.2) is 6.20 Å². The van der Waals surface area contributed by atoms with Crippen molar-refractivity contribution < 1.29 is 4.79 Å². The maximum absolute atomic E-state index is 12.6. The van der Waals surface area contributed by atoms with E-state index in [-0.39, 0.29) is 5.91 Å². The summed E-state index contributed by atoms with van der Waals surface area (Å²) in [5.74, 6) is 1.02. The van der Waals surface area contributed by atoms with E-state index in [1.165, 1.54) is 0 Å². The number of carbonyl (C=O) groups is 1. The lowest BCUT2D eigenvalue weighted by atomic mass is 10.2. The quantitative estimate of drug-likeness (QED) is 0.913. The highest BCUT2D eigenvalue weighted by Crippen LogP contribution is 2.24. The van der Waals surface area contributed by atoms with Crippen molar-refractivity contribution in [3.05, 3.63) is 23.1 Å². The van der Waals surface area contributed by atoms with Crippen LogP contribution in [0.25, 0.3) is 0 Å². The Balaban J connectivity index is 2.37. The summed E-state index contributed by atoms with van der Waals surface area (Å²) >= 11 is 0. The zero-order valence-corrected chi connectivity index (χ0v) is 14.7. The van der Waals surface area contributed by atoms with E-state index in [0.29, 0.717) is 28.7 Å². The number of aromatic nitrogens is 4. The summed E-state index contributed by atoms with van der Waals surface area (Å²) < 4.78 is 1.70. The molecule has 0 bridgehead atoms. The van der Waals surface area contributed by atoms with Gasteiger partial charge in [0, 0.05) is 40.9 Å². The maximum Gasteiger partial charge on any atom is 0.259 e. The fourth-order valence-electron chi connectivity index (χ4n) is 2.30. The van der Waals surface area contributed by atoms with Crippen LogP contribution in [0.5, 0.6) is 0 Å². The summed E-state index contributed by atoms with van der Waals surface area (Å²) in [6.07, 6.45) is 1.62. The molecule has 0 aliphatic carbocycles. The van der Waals surface area contributed by atoms with Crippen molar-refractivity contribution in [1.82, 2.24) is 19.7 Å². The molecule has 2 heterocycles. The number of anilines is 3. The van der Waals surface area contributed by atoms with Crippen LogP contribution < -0.4 is 15.1 Å². The van der Waals surface area contributed by atoms with Crippen LogP contribution in [-0.2, 0) is 7.05 Å². The molecule has 8 heteroatoms. The van der Waals surface area contributed by atoms with E-state index in [2.05, 4.69) is 20.4 Å². The van der Waals surface area contributed by atoms with Gasteiger partial charge >= 0.3 is 0 Å². The molecule has 0 spiro atoms. The Hall–Kier alpha value is -2.64. The Kier molecular flexibility index (Phi) is 4.53. The van der Waals surface area contributed by atoms with Gasteiger partial charge in [-0.3, -0.25) is 9.48 Å². The molecular weight excluding hydrogens is 294 g/mol. The molecular formula is C15H23N7O. The number of aryl methyl sites for hydroxylation is 2. The third-order valence-electron chi connectivity index (χ3n) is 3.56. The average Bonchev–Trinajstić information content (AvgIpc) is 2.71. The van der Waals surface area contributed by atoms with Gasteiger partial charge in [-0.25, -0.2) is 4.98 Å². The summed E-state index contributed by atoms with van der Waals surface area (Å²) in [5, 5.41) is 7.17. The Morgan fingerprint density at radius 1 is 1.17 bits per heavy atom. The summed E-state index contributed by atoms with van der Waals surface area (Å²) in [5.41, 5.74) is 2.65. The van der Waals surface area contributed by atoms with Gasteiger partial charge in [0.15, 0.2) is 5.82 Å². The van der Waals surface area contributed by atoms with E-state index in [9.17, 15) is 4.79 Å². The second-order valence-electron chi connectivity index (χ2n) is 5.82. The first kappa shape index (κ1) is 16.7. The van der Waals surface area contributed by atoms with E-state index in [1.54, 1.807) is 10.9 Å². The third-order valence-corrected chi connectivity index (χ3v) is 3.56. The van der Waals surface area contributed by atoms with Crippen LogP contribution in [0.1, 0.15) is 21.7 Å². The number of nitrogens with one attached hydrogen (secondary N) is 1. The predicted molar refractivity (Wildman–Crippen MR) is 91.3 cm³/mol. The zero-order valence-electron chi connectivity index (χ0n) is 14.7. The van der Waals surface area contributed by atoms with Crippen molar-refractivity contribution in [3.63, 3.8) is 0 Å². The first-order valence-electron chi connectivity index (χ1n) is 7.25. The fraction of sp³-hybridized carbons (Fsp3) is 0.467. The third kappa shape index (κ3) is 3.25. The van der Waals surface area contributed by atoms with Gasteiger partial charge in [-0.2, -0.15) is 10.1 Å². The molecule has 0 aliphatic rings. The Bertz CT molecular complexity index is 734. The summed E-state index contributed by atoms with van der Waals surface area (Å²) in [6.45, 7) is 3.69. The SMILES string of the molecule is Cc1nn(C)c(C)c1C(=O)Nc1cnc(N(C)C)nc1N(C)C. The summed E-state index contributed by atoms with van der Waals surface area (Å²) in [6, 6.07) is 0. The van der Waals surface area contributed by atoms with Crippen LogP contribution in [0.4, 0.5) is 17.5 Å². The molecule has 0 saturated heterocycles. The van der Waals surface area contributed by atoms with Gasteiger partial charge in [0.25, 0.3) is 5.91 Å². The topological polar surface area (TPSA) is 79.2 Å². The van der Waals surface area contributed by atoms with Crippen molar-refractivity contribution in [3.8, 4) is 0 Å². The van der Waals surface area contributed by atoms with Crippen LogP contribution >= 0.6 is 0 Å². The Morgan fingerprint density at radius 2 is 1.83 bits per heavy atom. The van der Waals surface area contributed by atoms with E-state index in [0.717, 1.165) is 5.69 Å². The van der Waals surface area contributed by atoms with Gasteiger partial charge in [-0.15, -0.1) is 0 Å². The van der Waals surface area contributed by atoms with Crippen LogP contribution in [0.2, 0.25) is 0 Å². The first-order valence-corrected chi connectivity index (χ1v) is 7.25. The molecule has 23 heavy (non-hydrogen) atoms. The highest BCUT2D eigenvalue weighted by molar-refractivity contribution is 6.07. The number of nitrogens with zero attached hydrogens (tertiary/aromatic N) is 6. The molecule has 2 aromatic heterocycles. The van der Waals surface area contributed by atoms with Gasteiger partial charge in [0.1, 0.15) is 5.69 Å². The molecule has 8 nitrogen and oxygen atoms in total. The zero-order chi connectivity index (χ0) is 17.3. The first-order chi connectivity index (χ1) is 10.7. The van der Waals surface area contributed by atoms with Crippen LogP contribution in [0.3, 0.4) is 0 Å². The smallest absolute Gasteiger partial charge is 0.259 e. The van der Waals surface area contributed by atoms with E-state index >= 15 is 0 Å². The van der Waals surface area contributed by atoms with Crippen LogP contribution in [-0.4, -0.2) is 53.8 Å². The van der Waals surface area contributed by atoms with Gasteiger partial charge in [-0.05, 0) is 13.8 Å². The fourth-order valence-corrected chi connectivity index (χ4v) is 2.30. The Labute approximate surface area is 136 Å². The molecule has 1 N–H and O–H groups in total. The minimum absolute atomic E-state index is 0.211. The molecule has 0 aliphatic heterocycles. The second kappa shape index (κ2) is 6.23. The number of amides is 1. The molecule has 1 amide bonds. The minimum Gasteiger partial charge on any atom is -0.361 e. The van der Waals surface area contributed by atoms with E-state index in [1.807, 2.05) is 58.9 Å². The molecule has 0 aromatic carbocycles. The van der Waals surface area contributed by atoms with Gasteiger partial charge in [0.05, 0.1) is 17.5 Å². The van der Waals surface area contributed by atoms with Crippen molar-refractivity contribution in [2.45, 2.75) is 13.8 Å². The molecule has 124 valence electrons. The second-order valence-corrected chi connectivity index (χ2v) is 5.82. The van der Waals surface area contributed by atoms with Crippen molar-refractivity contribution in [1.29, 1.82) is 0 Å². The molecule has 0 atom stereocenters. The Morgan fingerprint density at radius 3 is 2.30 bits per heavy atom. The molecule has 2 aromatic rings. The molecule has 0 saturated carbocycles. The monoisotopic (exact) mass is 317 g/mol. The van der Waals surface area contributed by atoms with Gasteiger partial charge in [-0.1, -0.05) is 0 Å². The largest absolute Gasteiger partial charge is 0.361 e. The lowest BCUT2D eigenvalue weighted by Gasteiger charge is -2.19. The van der Waals surface area contributed by atoms with Crippen molar-refractivity contribution in [2.75, 3.05) is 43.3 Å². The molecule has 0 fully saturated rings. The number of rotatable bonds is 4. The van der Waals surface area contributed by atoms with E-state index in [4.69, 9.17) is 0 Å². The summed E-state index contributed by atoms with van der Waals surface area (Å²) in [7, 11) is 9.31. The minimum atomic E-state index is -0.211. The molecule has 0 unspecified atom stereocenters. The predicted octanol–water partition coefficient (Wildman–Crippen LogP) is 1.21. The van der Waals surface area contributed by atoms with Crippen molar-refractivity contribution in [2.24, 2.45) is 7.05 Å². The highest BCUT2D eigenvalue weighted by atomic mass is 16.1. The summed E-state index contributed by atoms with van der Waals surface area (Å²) in [4.78, 5) is 25.0. The standard InChI is InChI=1S/C15H23N7O/c1-9-12(10(2)22(7)19-9)14(23)17-11-8-16-15(21(5)6)18-13(11)20(3)4/h8H,1-7H3,(H,17,23). The molecule has 0 radical (unpaired) electrons. The average molecular weight is 317 g/mol. The normalized spacial score (nSPS) is 10.6. The maximum atomic E-state index is 12.6.